The van der Waals surface area contributed by atoms with Crippen LogP contribution in [0.3, 0.4) is 0 Å². The van der Waals surface area contributed by atoms with Crippen molar-refractivity contribution in [3.8, 4) is 5.75 Å². The Morgan fingerprint density at radius 3 is 2.52 bits per heavy atom. The lowest BCUT2D eigenvalue weighted by Gasteiger charge is -2.08. The zero-order chi connectivity index (χ0) is 14.8. The molecular formula is C16H12ClNO2S. The molecule has 1 aliphatic heterocycles. The first-order valence-electron chi connectivity index (χ1n) is 6.31. The van der Waals surface area contributed by atoms with E-state index in [4.69, 9.17) is 16.3 Å². The number of methoxy groups -OCH3 is 1. The molecule has 106 valence electrons. The quantitative estimate of drug-likeness (QED) is 0.895. The topological polar surface area (TPSA) is 38.3 Å². The largest absolute Gasteiger partial charge is 0.497 e. The van der Waals surface area contributed by atoms with E-state index in [-0.39, 0.29) is 10.9 Å². The molecule has 0 radical (unpaired) electrons. The predicted molar refractivity (Wildman–Crippen MR) is 86.7 cm³/mol. The number of anilines is 1. The number of rotatable bonds is 2. The average Bonchev–Trinajstić information content (AvgIpc) is 2.65. The molecule has 0 unspecified atom stereocenters. The second-order valence-electron chi connectivity index (χ2n) is 4.42. The molecule has 0 atom stereocenters. The molecule has 0 bridgehead atoms. The first-order valence-corrected chi connectivity index (χ1v) is 7.51. The highest BCUT2D eigenvalue weighted by molar-refractivity contribution is 8.08. The first kappa shape index (κ1) is 14.0. The van der Waals surface area contributed by atoms with Gasteiger partial charge in [0.2, 0.25) is 0 Å². The van der Waals surface area contributed by atoms with Gasteiger partial charge in [0.25, 0.3) is 5.91 Å². The maximum Gasteiger partial charge on any atom is 0.268 e. The number of carbonyl (C=O) groups is 1. The summed E-state index contributed by atoms with van der Waals surface area (Å²) < 4.78 is 5.15. The van der Waals surface area contributed by atoms with Gasteiger partial charge < -0.3 is 10.1 Å². The summed E-state index contributed by atoms with van der Waals surface area (Å²) in [5.41, 5.74) is 1.66. The van der Waals surface area contributed by atoms with E-state index in [1.165, 1.54) is 11.8 Å². The van der Waals surface area contributed by atoms with E-state index in [2.05, 4.69) is 5.32 Å². The molecule has 2 aromatic carbocycles. The van der Waals surface area contributed by atoms with Crippen molar-refractivity contribution >= 4 is 39.9 Å². The van der Waals surface area contributed by atoms with Crippen molar-refractivity contribution in [2.75, 3.05) is 12.4 Å². The molecule has 0 saturated carbocycles. The van der Waals surface area contributed by atoms with Gasteiger partial charge in [0.1, 0.15) is 10.8 Å². The Morgan fingerprint density at radius 2 is 1.81 bits per heavy atom. The second-order valence-corrected chi connectivity index (χ2v) is 5.85. The molecule has 0 spiro atoms. The smallest absolute Gasteiger partial charge is 0.268 e. The lowest BCUT2D eigenvalue weighted by Crippen LogP contribution is -2.11. The fraction of sp³-hybridized carbons (Fsp3) is 0.0625. The number of amides is 1. The van der Waals surface area contributed by atoms with Gasteiger partial charge in [-0.05, 0) is 29.8 Å². The van der Waals surface area contributed by atoms with Crippen LogP contribution in [0.15, 0.2) is 58.5 Å². The van der Waals surface area contributed by atoms with E-state index in [1.807, 2.05) is 48.5 Å². The normalized spacial score (nSPS) is 14.3. The number of nitrogens with one attached hydrogen (secondary N) is 1. The van der Waals surface area contributed by atoms with Crippen LogP contribution in [0.2, 0.25) is 0 Å². The number of halogens is 1. The third-order valence-electron chi connectivity index (χ3n) is 3.10. The Hall–Kier alpha value is -1.91. The SMILES string of the molecule is COc1ccc(C2=C(Cl)C(=O)Nc3ccccc3S2)cc1. The van der Waals surface area contributed by atoms with Gasteiger partial charge in [0, 0.05) is 9.80 Å². The number of hydrogen-bond acceptors (Lipinski definition) is 3. The van der Waals surface area contributed by atoms with Crippen LogP contribution in [0, 0.1) is 0 Å². The minimum absolute atomic E-state index is 0.196. The van der Waals surface area contributed by atoms with Gasteiger partial charge >= 0.3 is 0 Å². The van der Waals surface area contributed by atoms with Crippen LogP contribution in [0.25, 0.3) is 4.91 Å². The molecule has 3 nitrogen and oxygen atoms in total. The summed E-state index contributed by atoms with van der Waals surface area (Å²) in [4.78, 5) is 13.8. The van der Waals surface area contributed by atoms with Gasteiger partial charge in [0.15, 0.2) is 0 Å². The minimum atomic E-state index is -0.292. The highest BCUT2D eigenvalue weighted by atomic mass is 35.5. The van der Waals surface area contributed by atoms with Gasteiger partial charge in [0.05, 0.1) is 12.8 Å². The standard InChI is InChI=1S/C16H12ClNO2S/c1-20-11-8-6-10(7-9-11)15-14(17)16(19)18-12-4-2-3-5-13(12)21-15/h2-9H,1H3,(H,18,19). The molecule has 0 saturated heterocycles. The predicted octanol–water partition coefficient (Wildman–Crippen LogP) is 4.35. The Kier molecular flexibility index (Phi) is 3.90. The zero-order valence-electron chi connectivity index (χ0n) is 11.2. The van der Waals surface area contributed by atoms with Crippen molar-refractivity contribution in [1.29, 1.82) is 0 Å². The highest BCUT2D eigenvalue weighted by Crippen LogP contribution is 2.43. The Balaban J connectivity index is 2.06. The van der Waals surface area contributed by atoms with Crippen LogP contribution in [0.5, 0.6) is 5.75 Å². The molecule has 0 aliphatic carbocycles. The number of ether oxygens (including phenoxy) is 1. The summed E-state index contributed by atoms with van der Waals surface area (Å²) in [6.07, 6.45) is 0. The molecule has 1 heterocycles. The molecule has 1 aliphatic rings. The fourth-order valence-electron chi connectivity index (χ4n) is 2.02. The van der Waals surface area contributed by atoms with Crippen molar-refractivity contribution in [3.05, 3.63) is 59.1 Å². The van der Waals surface area contributed by atoms with Gasteiger partial charge in [-0.1, -0.05) is 47.6 Å². The molecule has 1 amide bonds. The minimum Gasteiger partial charge on any atom is -0.497 e. The van der Waals surface area contributed by atoms with Crippen molar-refractivity contribution in [2.45, 2.75) is 4.90 Å². The molecule has 5 heteroatoms. The van der Waals surface area contributed by atoms with Gasteiger partial charge in [-0.25, -0.2) is 0 Å². The van der Waals surface area contributed by atoms with Crippen molar-refractivity contribution in [2.24, 2.45) is 0 Å². The molecule has 21 heavy (non-hydrogen) atoms. The van der Waals surface area contributed by atoms with E-state index in [1.54, 1.807) is 7.11 Å². The average molecular weight is 318 g/mol. The molecule has 0 fully saturated rings. The number of thioether (sulfide) groups is 1. The number of para-hydroxylation sites is 1. The van der Waals surface area contributed by atoms with E-state index >= 15 is 0 Å². The van der Waals surface area contributed by atoms with Crippen LogP contribution in [0.4, 0.5) is 5.69 Å². The van der Waals surface area contributed by atoms with E-state index in [0.717, 1.165) is 26.8 Å². The third-order valence-corrected chi connectivity index (χ3v) is 4.79. The first-order chi connectivity index (χ1) is 10.2. The fourth-order valence-corrected chi connectivity index (χ4v) is 3.33. The van der Waals surface area contributed by atoms with Crippen LogP contribution < -0.4 is 10.1 Å². The zero-order valence-corrected chi connectivity index (χ0v) is 12.8. The van der Waals surface area contributed by atoms with Crippen molar-refractivity contribution in [3.63, 3.8) is 0 Å². The maximum absolute atomic E-state index is 12.1. The van der Waals surface area contributed by atoms with E-state index in [0.29, 0.717) is 0 Å². The summed E-state index contributed by atoms with van der Waals surface area (Å²) >= 11 is 7.73. The van der Waals surface area contributed by atoms with Crippen LogP contribution in [-0.4, -0.2) is 13.0 Å². The Bertz CT molecular complexity index is 725. The summed E-state index contributed by atoms with van der Waals surface area (Å²) in [7, 11) is 1.62. The number of fused-ring (bicyclic) bond motifs is 1. The maximum atomic E-state index is 12.1. The van der Waals surface area contributed by atoms with E-state index < -0.39 is 0 Å². The molecule has 1 N–H and O–H groups in total. The summed E-state index contributed by atoms with van der Waals surface area (Å²) in [5, 5.41) is 3.02. The molecule has 3 rings (SSSR count). The van der Waals surface area contributed by atoms with Crippen molar-refractivity contribution in [1.82, 2.24) is 0 Å². The number of hydrogen-bond donors (Lipinski definition) is 1. The van der Waals surface area contributed by atoms with E-state index in [9.17, 15) is 4.79 Å². The summed E-state index contributed by atoms with van der Waals surface area (Å²) in [6, 6.07) is 15.1. The lowest BCUT2D eigenvalue weighted by atomic mass is 10.2. The Labute approximate surface area is 132 Å². The van der Waals surface area contributed by atoms with Crippen LogP contribution in [-0.2, 0) is 4.79 Å². The van der Waals surface area contributed by atoms with Crippen molar-refractivity contribution < 1.29 is 9.53 Å². The lowest BCUT2D eigenvalue weighted by molar-refractivity contribution is -0.112. The van der Waals surface area contributed by atoms with Gasteiger partial charge in [-0.3, -0.25) is 4.79 Å². The third kappa shape index (κ3) is 2.77. The van der Waals surface area contributed by atoms with Gasteiger partial charge in [-0.15, -0.1) is 0 Å². The summed E-state index contributed by atoms with van der Waals surface area (Å²) in [6.45, 7) is 0. The molecular weight excluding hydrogens is 306 g/mol. The van der Waals surface area contributed by atoms with Gasteiger partial charge in [-0.2, -0.15) is 0 Å². The molecule has 2 aromatic rings. The Morgan fingerprint density at radius 1 is 1.10 bits per heavy atom. The second kappa shape index (κ2) is 5.84. The van der Waals surface area contributed by atoms with Crippen LogP contribution in [0.1, 0.15) is 5.56 Å². The monoisotopic (exact) mass is 317 g/mol. The summed E-state index contributed by atoms with van der Waals surface area (Å²) in [5.74, 6) is 0.471. The van der Waals surface area contributed by atoms with Crippen LogP contribution >= 0.6 is 23.4 Å². The number of benzene rings is 2. The number of carbonyl (C=O) groups excluding carboxylic acids is 1. The highest BCUT2D eigenvalue weighted by Gasteiger charge is 2.22. The molecule has 0 aromatic heterocycles.